The topological polar surface area (TPSA) is 42.0 Å². The van der Waals surface area contributed by atoms with Gasteiger partial charge in [-0.25, -0.2) is 4.98 Å². The molecule has 0 amide bonds. The third kappa shape index (κ3) is 7.80. The molecule has 0 unspecified atom stereocenters. The maximum absolute atomic E-state index is 11.1. The van der Waals surface area contributed by atoms with Gasteiger partial charge in [0.25, 0.3) is 0 Å². The molecule has 0 bridgehead atoms. The quantitative estimate of drug-likeness (QED) is 0.638. The Balaban J connectivity index is 0. The first kappa shape index (κ1) is 18.3. The maximum atomic E-state index is 11.1. The van der Waals surface area contributed by atoms with Crippen LogP contribution in [0.2, 0.25) is 0 Å². The molecule has 1 heterocycles. The predicted octanol–water partition coefficient (Wildman–Crippen LogP) is 3.68. The van der Waals surface area contributed by atoms with Crippen molar-refractivity contribution in [3.8, 4) is 0 Å². The van der Waals surface area contributed by atoms with E-state index in [1.165, 1.54) is 6.92 Å². The van der Waals surface area contributed by atoms with E-state index in [2.05, 4.69) is 22.9 Å². The zero-order valence-electron chi connectivity index (χ0n) is 11.4. The lowest BCUT2D eigenvalue weighted by Crippen LogP contribution is -2.08. The number of pyridine rings is 1. The van der Waals surface area contributed by atoms with Crippen molar-refractivity contribution in [3.05, 3.63) is 23.9 Å². The Morgan fingerprint density at radius 1 is 1.35 bits per heavy atom. The number of Topliss-reactive ketones (excluding diaryl/α,β-unsaturated/α-hetero) is 1. The first-order chi connectivity index (χ1) is 8.25. The number of carbonyl (C=O) groups excluding carboxylic acids is 1. The van der Waals surface area contributed by atoms with Gasteiger partial charge in [-0.15, -0.1) is 0 Å². The van der Waals surface area contributed by atoms with E-state index in [4.69, 9.17) is 0 Å². The monoisotopic (exact) mass is 256 g/mol. The Morgan fingerprint density at radius 3 is 2.41 bits per heavy atom. The number of anilines is 1. The van der Waals surface area contributed by atoms with Gasteiger partial charge in [0.05, 0.1) is 5.56 Å². The van der Waals surface area contributed by atoms with Crippen LogP contribution in [-0.2, 0) is 0 Å². The molecular weight excluding hydrogens is 232 g/mol. The highest BCUT2D eigenvalue weighted by molar-refractivity contribution is 7.80. The second-order valence-electron chi connectivity index (χ2n) is 2.61. The molecule has 4 heteroatoms. The summed E-state index contributed by atoms with van der Waals surface area (Å²) in [5, 5.41) is 3.04. The lowest BCUT2D eigenvalue weighted by Gasteiger charge is -2.06. The van der Waals surface area contributed by atoms with E-state index in [-0.39, 0.29) is 5.78 Å². The Hall–Kier alpha value is -1.03. The SMILES string of the molecule is CC.CC.CC(=O)c1cccnc1NCCS. The molecular formula is C13H24N2OS. The van der Waals surface area contributed by atoms with Gasteiger partial charge in [-0.2, -0.15) is 12.6 Å². The van der Waals surface area contributed by atoms with Crippen LogP contribution in [0.5, 0.6) is 0 Å². The molecule has 1 N–H and O–H groups in total. The molecule has 0 saturated heterocycles. The molecule has 0 radical (unpaired) electrons. The highest BCUT2D eigenvalue weighted by Gasteiger charge is 2.05. The van der Waals surface area contributed by atoms with E-state index in [9.17, 15) is 4.79 Å². The van der Waals surface area contributed by atoms with E-state index in [0.717, 1.165) is 0 Å². The van der Waals surface area contributed by atoms with E-state index < -0.39 is 0 Å². The molecule has 0 fully saturated rings. The Bertz CT molecular complexity index is 303. The molecule has 0 atom stereocenters. The summed E-state index contributed by atoms with van der Waals surface area (Å²) in [6.07, 6.45) is 1.66. The van der Waals surface area contributed by atoms with Gasteiger partial charge in [-0.05, 0) is 19.1 Å². The van der Waals surface area contributed by atoms with Crippen LogP contribution in [0.4, 0.5) is 5.82 Å². The number of hydrogen-bond donors (Lipinski definition) is 2. The van der Waals surface area contributed by atoms with Crippen molar-refractivity contribution < 1.29 is 4.79 Å². The maximum Gasteiger partial charge on any atom is 0.163 e. The Labute approximate surface area is 110 Å². The van der Waals surface area contributed by atoms with Crippen LogP contribution in [0.1, 0.15) is 45.0 Å². The van der Waals surface area contributed by atoms with Crippen LogP contribution in [0.15, 0.2) is 18.3 Å². The summed E-state index contributed by atoms with van der Waals surface area (Å²) >= 11 is 4.06. The van der Waals surface area contributed by atoms with E-state index >= 15 is 0 Å². The molecule has 0 spiro atoms. The number of hydrogen-bond acceptors (Lipinski definition) is 4. The Morgan fingerprint density at radius 2 is 1.94 bits per heavy atom. The lowest BCUT2D eigenvalue weighted by atomic mass is 10.2. The fraction of sp³-hybridized carbons (Fsp3) is 0.538. The molecule has 1 aromatic rings. The third-order valence-electron chi connectivity index (χ3n) is 1.59. The number of ketones is 1. The van der Waals surface area contributed by atoms with Gasteiger partial charge >= 0.3 is 0 Å². The van der Waals surface area contributed by atoms with E-state index in [1.54, 1.807) is 18.3 Å². The van der Waals surface area contributed by atoms with E-state index in [0.29, 0.717) is 23.7 Å². The first-order valence-corrected chi connectivity index (χ1v) is 6.69. The summed E-state index contributed by atoms with van der Waals surface area (Å²) in [6.45, 7) is 10.2. The van der Waals surface area contributed by atoms with Crippen molar-refractivity contribution in [2.24, 2.45) is 0 Å². The van der Waals surface area contributed by atoms with Crippen molar-refractivity contribution in [1.29, 1.82) is 0 Å². The molecule has 0 saturated carbocycles. The first-order valence-electron chi connectivity index (χ1n) is 6.06. The van der Waals surface area contributed by atoms with Crippen molar-refractivity contribution in [3.63, 3.8) is 0 Å². The highest BCUT2D eigenvalue weighted by atomic mass is 32.1. The van der Waals surface area contributed by atoms with Crippen LogP contribution < -0.4 is 5.32 Å². The molecule has 0 aromatic carbocycles. The van der Waals surface area contributed by atoms with Crippen LogP contribution in [0.25, 0.3) is 0 Å². The number of carbonyl (C=O) groups is 1. The number of nitrogens with zero attached hydrogens (tertiary/aromatic N) is 1. The van der Waals surface area contributed by atoms with E-state index in [1.807, 2.05) is 27.7 Å². The largest absolute Gasteiger partial charge is 0.369 e. The summed E-state index contributed by atoms with van der Waals surface area (Å²) in [4.78, 5) is 15.2. The standard InChI is InChI=1S/C9H12N2OS.2C2H6/c1-7(12)8-3-2-4-10-9(8)11-5-6-13;2*1-2/h2-4,13H,5-6H2,1H3,(H,10,11);2*1-2H3. The van der Waals surface area contributed by atoms with Gasteiger partial charge in [0.15, 0.2) is 5.78 Å². The van der Waals surface area contributed by atoms with Crippen LogP contribution >= 0.6 is 12.6 Å². The molecule has 1 rings (SSSR count). The van der Waals surface area contributed by atoms with Crippen molar-refractivity contribution >= 4 is 24.2 Å². The molecule has 3 nitrogen and oxygen atoms in total. The number of nitrogens with one attached hydrogen (secondary N) is 1. The molecule has 1 aromatic heterocycles. The molecule has 17 heavy (non-hydrogen) atoms. The van der Waals surface area contributed by atoms with Gasteiger partial charge in [0.2, 0.25) is 0 Å². The summed E-state index contributed by atoms with van der Waals surface area (Å²) < 4.78 is 0. The van der Waals surface area contributed by atoms with Crippen molar-refractivity contribution in [1.82, 2.24) is 4.98 Å². The normalized spacial score (nSPS) is 8.12. The van der Waals surface area contributed by atoms with Gasteiger partial charge < -0.3 is 5.32 Å². The smallest absolute Gasteiger partial charge is 0.163 e. The minimum Gasteiger partial charge on any atom is -0.369 e. The summed E-state index contributed by atoms with van der Waals surface area (Å²) in [5.74, 6) is 1.38. The summed E-state index contributed by atoms with van der Waals surface area (Å²) in [6, 6.07) is 3.51. The third-order valence-corrected chi connectivity index (χ3v) is 1.81. The fourth-order valence-electron chi connectivity index (χ4n) is 1.00. The minimum absolute atomic E-state index is 0.0229. The molecule has 0 aliphatic carbocycles. The van der Waals surface area contributed by atoms with Crippen LogP contribution in [-0.4, -0.2) is 23.1 Å². The number of rotatable bonds is 4. The van der Waals surface area contributed by atoms with Gasteiger partial charge in [0, 0.05) is 18.5 Å². The van der Waals surface area contributed by atoms with Gasteiger partial charge in [-0.1, -0.05) is 27.7 Å². The molecule has 98 valence electrons. The highest BCUT2D eigenvalue weighted by Crippen LogP contribution is 2.11. The summed E-state index contributed by atoms with van der Waals surface area (Å²) in [5.41, 5.74) is 0.629. The van der Waals surface area contributed by atoms with Crippen LogP contribution in [0, 0.1) is 0 Å². The van der Waals surface area contributed by atoms with Gasteiger partial charge in [-0.3, -0.25) is 4.79 Å². The fourth-order valence-corrected chi connectivity index (χ4v) is 1.12. The predicted molar refractivity (Wildman–Crippen MR) is 79.3 cm³/mol. The summed E-state index contributed by atoms with van der Waals surface area (Å²) in [7, 11) is 0. The Kier molecular flexibility index (Phi) is 14.1. The van der Waals surface area contributed by atoms with Crippen LogP contribution in [0.3, 0.4) is 0 Å². The zero-order valence-corrected chi connectivity index (χ0v) is 12.3. The second-order valence-corrected chi connectivity index (χ2v) is 3.05. The van der Waals surface area contributed by atoms with Crippen molar-refractivity contribution in [2.45, 2.75) is 34.6 Å². The van der Waals surface area contributed by atoms with Crippen molar-refractivity contribution in [2.75, 3.05) is 17.6 Å². The second kappa shape index (κ2) is 13.0. The molecule has 0 aliphatic rings. The molecule has 0 aliphatic heterocycles. The lowest BCUT2D eigenvalue weighted by molar-refractivity contribution is 0.101. The number of thiol groups is 1. The number of aromatic nitrogens is 1. The average Bonchev–Trinajstić information content (AvgIpc) is 2.41. The average molecular weight is 256 g/mol. The zero-order chi connectivity index (χ0) is 13.7. The van der Waals surface area contributed by atoms with Gasteiger partial charge in [0.1, 0.15) is 5.82 Å². The minimum atomic E-state index is 0.0229.